The molecule has 1 N–H and O–H groups in total. The Kier molecular flexibility index (Phi) is 4.04. The Balaban J connectivity index is 2.24. The molecule has 1 unspecified atom stereocenters. The van der Waals surface area contributed by atoms with E-state index in [9.17, 15) is 13.9 Å². The number of hydrogen-bond acceptors (Lipinski definition) is 3. The molecule has 1 aliphatic rings. The number of benzene rings is 1. The van der Waals surface area contributed by atoms with Gasteiger partial charge in [0.15, 0.2) is 0 Å². The summed E-state index contributed by atoms with van der Waals surface area (Å²) in [5, 5.41) is 9.38. The standard InChI is InChI=1S/C12H15F2NO2/c13-9-1-2-11(14)10(7-9)12(8-16)15-3-5-17-6-4-15/h1-2,7,12,16H,3-6,8H2. The highest BCUT2D eigenvalue weighted by Crippen LogP contribution is 2.24. The molecule has 1 atom stereocenters. The lowest BCUT2D eigenvalue weighted by Gasteiger charge is -2.33. The third-order valence-corrected chi connectivity index (χ3v) is 2.98. The van der Waals surface area contributed by atoms with E-state index >= 15 is 0 Å². The second kappa shape index (κ2) is 5.53. The van der Waals surface area contributed by atoms with Gasteiger partial charge in [-0.05, 0) is 18.2 Å². The fraction of sp³-hybridized carbons (Fsp3) is 0.500. The van der Waals surface area contributed by atoms with Crippen LogP contribution < -0.4 is 0 Å². The van der Waals surface area contributed by atoms with Crippen molar-refractivity contribution < 1.29 is 18.6 Å². The summed E-state index contributed by atoms with van der Waals surface area (Å²) < 4.78 is 31.9. The van der Waals surface area contributed by atoms with Gasteiger partial charge in [0.25, 0.3) is 0 Å². The monoisotopic (exact) mass is 243 g/mol. The Morgan fingerprint density at radius 2 is 2.00 bits per heavy atom. The molecule has 1 aromatic rings. The van der Waals surface area contributed by atoms with Crippen LogP contribution >= 0.6 is 0 Å². The van der Waals surface area contributed by atoms with Gasteiger partial charge in [-0.2, -0.15) is 0 Å². The number of ether oxygens (including phenoxy) is 1. The first kappa shape index (κ1) is 12.4. The van der Waals surface area contributed by atoms with Crippen molar-refractivity contribution >= 4 is 0 Å². The topological polar surface area (TPSA) is 32.7 Å². The normalized spacial score (nSPS) is 19.2. The molecule has 0 radical (unpaired) electrons. The third-order valence-electron chi connectivity index (χ3n) is 2.98. The fourth-order valence-electron chi connectivity index (χ4n) is 2.07. The Hall–Kier alpha value is -1.04. The number of morpholine rings is 1. The number of aliphatic hydroxyl groups is 1. The fourth-order valence-corrected chi connectivity index (χ4v) is 2.07. The van der Waals surface area contributed by atoms with E-state index in [1.807, 2.05) is 4.90 Å². The zero-order valence-corrected chi connectivity index (χ0v) is 9.40. The minimum Gasteiger partial charge on any atom is -0.394 e. The molecule has 17 heavy (non-hydrogen) atoms. The van der Waals surface area contributed by atoms with Crippen LogP contribution in [0, 0.1) is 11.6 Å². The van der Waals surface area contributed by atoms with Crippen molar-refractivity contribution in [3.8, 4) is 0 Å². The zero-order chi connectivity index (χ0) is 12.3. The van der Waals surface area contributed by atoms with Crippen LogP contribution in [0.25, 0.3) is 0 Å². The summed E-state index contributed by atoms with van der Waals surface area (Å²) >= 11 is 0. The zero-order valence-electron chi connectivity index (χ0n) is 9.40. The SMILES string of the molecule is OCC(c1cc(F)ccc1F)N1CCOCC1. The molecule has 94 valence electrons. The van der Waals surface area contributed by atoms with Gasteiger partial charge in [0.1, 0.15) is 11.6 Å². The minimum atomic E-state index is -0.505. The lowest BCUT2D eigenvalue weighted by atomic mass is 10.0. The van der Waals surface area contributed by atoms with Gasteiger partial charge in [0.2, 0.25) is 0 Å². The van der Waals surface area contributed by atoms with Crippen LogP contribution in [0.4, 0.5) is 8.78 Å². The van der Waals surface area contributed by atoms with Crippen molar-refractivity contribution in [2.24, 2.45) is 0 Å². The van der Waals surface area contributed by atoms with Crippen LogP contribution in [0.1, 0.15) is 11.6 Å². The lowest BCUT2D eigenvalue weighted by molar-refractivity contribution is 0.00167. The van der Waals surface area contributed by atoms with E-state index in [-0.39, 0.29) is 12.2 Å². The second-order valence-corrected chi connectivity index (χ2v) is 4.01. The highest BCUT2D eigenvalue weighted by Gasteiger charge is 2.24. The minimum absolute atomic E-state index is 0.203. The molecular weight excluding hydrogens is 228 g/mol. The van der Waals surface area contributed by atoms with Crippen molar-refractivity contribution in [3.05, 3.63) is 35.4 Å². The lowest BCUT2D eigenvalue weighted by Crippen LogP contribution is -2.40. The quantitative estimate of drug-likeness (QED) is 0.869. The molecular formula is C12H15F2NO2. The Bertz CT molecular complexity index is 381. The smallest absolute Gasteiger partial charge is 0.128 e. The molecule has 1 fully saturated rings. The summed E-state index contributed by atoms with van der Waals surface area (Å²) in [4.78, 5) is 1.90. The molecule has 1 aliphatic heterocycles. The summed E-state index contributed by atoms with van der Waals surface area (Å²) in [6.07, 6.45) is 0. The summed E-state index contributed by atoms with van der Waals surface area (Å²) in [7, 11) is 0. The van der Waals surface area contributed by atoms with E-state index in [2.05, 4.69) is 0 Å². The molecule has 0 saturated carbocycles. The third kappa shape index (κ3) is 2.80. The van der Waals surface area contributed by atoms with Gasteiger partial charge >= 0.3 is 0 Å². The molecule has 1 aromatic carbocycles. The van der Waals surface area contributed by atoms with Gasteiger partial charge < -0.3 is 9.84 Å². The number of rotatable bonds is 3. The molecule has 0 aliphatic carbocycles. The maximum absolute atomic E-state index is 13.6. The van der Waals surface area contributed by atoms with Crippen LogP contribution in [0.2, 0.25) is 0 Å². The summed E-state index contributed by atoms with van der Waals surface area (Å²) in [6.45, 7) is 2.09. The van der Waals surface area contributed by atoms with Crippen LogP contribution in [0.15, 0.2) is 18.2 Å². The van der Waals surface area contributed by atoms with E-state index < -0.39 is 17.7 Å². The van der Waals surface area contributed by atoms with Crippen molar-refractivity contribution in [2.75, 3.05) is 32.9 Å². The van der Waals surface area contributed by atoms with Gasteiger partial charge in [0, 0.05) is 18.7 Å². The predicted molar refractivity (Wildman–Crippen MR) is 58.6 cm³/mol. The van der Waals surface area contributed by atoms with E-state index in [1.165, 1.54) is 0 Å². The molecule has 0 spiro atoms. The van der Waals surface area contributed by atoms with Crippen LogP contribution in [0.5, 0.6) is 0 Å². The molecule has 0 aromatic heterocycles. The summed E-state index contributed by atoms with van der Waals surface area (Å²) in [6, 6.07) is 2.81. The largest absolute Gasteiger partial charge is 0.394 e. The van der Waals surface area contributed by atoms with Crippen molar-refractivity contribution in [1.82, 2.24) is 4.90 Å². The van der Waals surface area contributed by atoms with Gasteiger partial charge in [-0.15, -0.1) is 0 Å². The predicted octanol–water partition coefficient (Wildman–Crippen LogP) is 1.33. The molecule has 0 bridgehead atoms. The van der Waals surface area contributed by atoms with E-state index in [0.29, 0.717) is 26.3 Å². The van der Waals surface area contributed by atoms with E-state index in [1.54, 1.807) is 0 Å². The van der Waals surface area contributed by atoms with Gasteiger partial charge in [-0.3, -0.25) is 4.90 Å². The first-order valence-electron chi connectivity index (χ1n) is 5.60. The second-order valence-electron chi connectivity index (χ2n) is 4.01. The van der Waals surface area contributed by atoms with Crippen molar-refractivity contribution in [2.45, 2.75) is 6.04 Å². The highest BCUT2D eigenvalue weighted by molar-refractivity contribution is 5.22. The molecule has 0 amide bonds. The van der Waals surface area contributed by atoms with Crippen LogP contribution in [-0.4, -0.2) is 42.9 Å². The Labute approximate surface area is 98.6 Å². The van der Waals surface area contributed by atoms with Crippen LogP contribution in [0.3, 0.4) is 0 Å². The molecule has 1 saturated heterocycles. The van der Waals surface area contributed by atoms with Crippen molar-refractivity contribution in [1.29, 1.82) is 0 Å². The number of nitrogens with zero attached hydrogens (tertiary/aromatic N) is 1. The first-order chi connectivity index (χ1) is 8.22. The van der Waals surface area contributed by atoms with Crippen molar-refractivity contribution in [3.63, 3.8) is 0 Å². The van der Waals surface area contributed by atoms with E-state index in [4.69, 9.17) is 4.74 Å². The first-order valence-corrected chi connectivity index (χ1v) is 5.60. The van der Waals surface area contributed by atoms with Gasteiger partial charge in [-0.1, -0.05) is 0 Å². The molecule has 3 nitrogen and oxygen atoms in total. The number of halogens is 2. The maximum Gasteiger partial charge on any atom is 0.128 e. The van der Waals surface area contributed by atoms with E-state index in [0.717, 1.165) is 18.2 Å². The number of aliphatic hydroxyl groups excluding tert-OH is 1. The summed E-state index contributed by atoms with van der Waals surface area (Å²) in [5.74, 6) is -0.981. The van der Waals surface area contributed by atoms with Crippen LogP contribution in [-0.2, 0) is 4.74 Å². The molecule has 5 heteroatoms. The summed E-state index contributed by atoms with van der Waals surface area (Å²) in [5.41, 5.74) is 0.203. The Morgan fingerprint density at radius 3 is 2.65 bits per heavy atom. The average Bonchev–Trinajstić information content (AvgIpc) is 2.36. The molecule has 1 heterocycles. The van der Waals surface area contributed by atoms with Gasteiger partial charge in [0.05, 0.1) is 25.9 Å². The highest BCUT2D eigenvalue weighted by atomic mass is 19.1. The Morgan fingerprint density at radius 1 is 1.29 bits per heavy atom. The molecule has 2 rings (SSSR count). The number of hydrogen-bond donors (Lipinski definition) is 1. The maximum atomic E-state index is 13.6. The van der Waals surface area contributed by atoms with Gasteiger partial charge in [-0.25, -0.2) is 8.78 Å². The average molecular weight is 243 g/mol.